The van der Waals surface area contributed by atoms with Crippen molar-refractivity contribution in [1.82, 2.24) is 5.32 Å². The minimum atomic E-state index is 0.199. The van der Waals surface area contributed by atoms with Crippen LogP contribution in [0.2, 0.25) is 0 Å². The Kier molecular flexibility index (Phi) is 5.02. The van der Waals surface area contributed by atoms with Crippen LogP contribution in [0.5, 0.6) is 0 Å². The second-order valence-corrected chi connectivity index (χ2v) is 5.76. The summed E-state index contributed by atoms with van der Waals surface area (Å²) < 4.78 is 0. The fourth-order valence-corrected chi connectivity index (χ4v) is 2.63. The van der Waals surface area contributed by atoms with Gasteiger partial charge < -0.3 is 5.32 Å². The molecule has 0 aliphatic carbocycles. The fraction of sp³-hybridized carbons (Fsp3) is 0.400. The van der Waals surface area contributed by atoms with Crippen molar-refractivity contribution < 1.29 is 4.79 Å². The Morgan fingerprint density at radius 3 is 3.17 bits per heavy atom. The highest BCUT2D eigenvalue weighted by molar-refractivity contribution is 8.13. The van der Waals surface area contributed by atoms with E-state index < -0.39 is 0 Å². The van der Waals surface area contributed by atoms with Crippen LogP contribution in [0.4, 0.5) is 0 Å². The molecule has 0 radical (unpaired) electrons. The molecule has 3 heteroatoms. The van der Waals surface area contributed by atoms with Crippen LogP contribution in [-0.4, -0.2) is 17.4 Å². The van der Waals surface area contributed by atoms with Crippen LogP contribution in [0.1, 0.15) is 30.0 Å². The first-order chi connectivity index (χ1) is 8.75. The lowest BCUT2D eigenvalue weighted by Crippen LogP contribution is -2.23. The zero-order valence-corrected chi connectivity index (χ0v) is 11.6. The summed E-state index contributed by atoms with van der Waals surface area (Å²) in [6.07, 6.45) is 6.38. The van der Waals surface area contributed by atoms with Gasteiger partial charge in [-0.25, -0.2) is 0 Å². The van der Waals surface area contributed by atoms with Gasteiger partial charge in [-0.1, -0.05) is 42.1 Å². The van der Waals surface area contributed by atoms with Gasteiger partial charge in [0.15, 0.2) is 5.12 Å². The van der Waals surface area contributed by atoms with E-state index in [1.165, 1.54) is 28.5 Å². The summed E-state index contributed by atoms with van der Waals surface area (Å²) in [5.74, 6) is 0.876. The van der Waals surface area contributed by atoms with E-state index in [1.54, 1.807) is 6.92 Å². The van der Waals surface area contributed by atoms with Crippen molar-refractivity contribution >= 4 is 23.0 Å². The van der Waals surface area contributed by atoms with Crippen molar-refractivity contribution in [2.75, 3.05) is 12.3 Å². The van der Waals surface area contributed by atoms with Crippen LogP contribution < -0.4 is 5.32 Å². The van der Waals surface area contributed by atoms with Gasteiger partial charge in [0.1, 0.15) is 0 Å². The summed E-state index contributed by atoms with van der Waals surface area (Å²) in [5.41, 5.74) is 4.16. The predicted octanol–water partition coefficient (Wildman–Crippen LogP) is 3.02. The Balaban J connectivity index is 1.89. The molecule has 1 aliphatic heterocycles. The van der Waals surface area contributed by atoms with Crippen LogP contribution in [0.25, 0.3) is 6.08 Å². The molecule has 1 heterocycles. The van der Waals surface area contributed by atoms with Crippen molar-refractivity contribution in [3.63, 3.8) is 0 Å². The molecule has 0 spiro atoms. The van der Waals surface area contributed by atoms with Crippen LogP contribution in [0.3, 0.4) is 0 Å². The molecule has 1 aromatic rings. The van der Waals surface area contributed by atoms with Gasteiger partial charge in [-0.15, -0.1) is 0 Å². The predicted molar refractivity (Wildman–Crippen MR) is 78.6 cm³/mol. The van der Waals surface area contributed by atoms with E-state index in [1.807, 2.05) is 0 Å². The molecule has 0 atom stereocenters. The molecule has 0 saturated carbocycles. The van der Waals surface area contributed by atoms with Crippen molar-refractivity contribution in [3.8, 4) is 0 Å². The summed E-state index contributed by atoms with van der Waals surface area (Å²) in [7, 11) is 0. The Bertz CT molecular complexity index is 454. The highest BCUT2D eigenvalue weighted by atomic mass is 32.2. The molecule has 2 rings (SSSR count). The van der Waals surface area contributed by atoms with Gasteiger partial charge in [-0.3, -0.25) is 4.79 Å². The smallest absolute Gasteiger partial charge is 0.185 e. The molecular weight excluding hydrogens is 242 g/mol. The minimum absolute atomic E-state index is 0.199. The van der Waals surface area contributed by atoms with Crippen molar-refractivity contribution in [3.05, 3.63) is 41.0 Å². The van der Waals surface area contributed by atoms with E-state index in [9.17, 15) is 4.79 Å². The third-order valence-electron chi connectivity index (χ3n) is 3.02. The number of carbonyl (C=O) groups is 1. The summed E-state index contributed by atoms with van der Waals surface area (Å²) in [6, 6.07) is 6.66. The third kappa shape index (κ3) is 4.00. The molecular formula is C15H19NOS. The van der Waals surface area contributed by atoms with E-state index in [2.05, 4.69) is 35.7 Å². The molecule has 0 unspecified atom stereocenters. The molecule has 18 heavy (non-hydrogen) atoms. The molecule has 0 amide bonds. The molecule has 0 saturated heterocycles. The first-order valence-corrected chi connectivity index (χ1v) is 7.37. The minimum Gasteiger partial charge on any atom is -0.312 e. The second-order valence-electron chi connectivity index (χ2n) is 4.49. The lowest BCUT2D eigenvalue weighted by atomic mass is 9.98. The molecule has 0 aromatic heterocycles. The maximum Gasteiger partial charge on any atom is 0.185 e. The number of carbonyl (C=O) groups excluding carboxylic acids is 1. The maximum atomic E-state index is 10.8. The second kappa shape index (κ2) is 6.76. The molecule has 2 nitrogen and oxygen atoms in total. The lowest BCUT2D eigenvalue weighted by Gasteiger charge is -2.17. The molecule has 1 aliphatic rings. The molecule has 0 fully saturated rings. The van der Waals surface area contributed by atoms with Crippen molar-refractivity contribution in [2.45, 2.75) is 26.3 Å². The average Bonchev–Trinajstić information content (AvgIpc) is 2.38. The van der Waals surface area contributed by atoms with Crippen LogP contribution >= 0.6 is 11.8 Å². The largest absolute Gasteiger partial charge is 0.312 e. The van der Waals surface area contributed by atoms with Crippen LogP contribution in [0, 0.1) is 0 Å². The third-order valence-corrected chi connectivity index (χ3v) is 3.86. The summed E-state index contributed by atoms with van der Waals surface area (Å²) >= 11 is 1.39. The zero-order chi connectivity index (χ0) is 12.8. The zero-order valence-electron chi connectivity index (χ0n) is 10.7. The van der Waals surface area contributed by atoms with Crippen molar-refractivity contribution in [1.29, 1.82) is 0 Å². The number of thioether (sulfide) groups is 1. The van der Waals surface area contributed by atoms with Gasteiger partial charge in [-0.05, 0) is 36.1 Å². The number of fused-ring (bicyclic) bond motifs is 1. The Morgan fingerprint density at radius 2 is 2.33 bits per heavy atom. The Hall–Kier alpha value is -1.06. The highest BCUT2D eigenvalue weighted by Crippen LogP contribution is 2.17. The molecule has 96 valence electrons. The maximum absolute atomic E-state index is 10.8. The number of nitrogens with one attached hydrogen (secondary N) is 1. The Morgan fingerprint density at radius 1 is 1.44 bits per heavy atom. The van der Waals surface area contributed by atoms with E-state index in [4.69, 9.17) is 0 Å². The van der Waals surface area contributed by atoms with E-state index in [0.717, 1.165) is 31.7 Å². The normalized spacial score (nSPS) is 14.7. The summed E-state index contributed by atoms with van der Waals surface area (Å²) in [6.45, 7) is 3.69. The van der Waals surface area contributed by atoms with Crippen LogP contribution in [-0.2, 0) is 17.8 Å². The monoisotopic (exact) mass is 261 g/mol. The number of hydrogen-bond donors (Lipinski definition) is 1. The van der Waals surface area contributed by atoms with Gasteiger partial charge in [0.25, 0.3) is 0 Å². The number of allylic oxidation sites excluding steroid dienone is 1. The molecule has 1 aromatic carbocycles. The topological polar surface area (TPSA) is 29.1 Å². The fourth-order valence-electron chi connectivity index (χ4n) is 2.09. The van der Waals surface area contributed by atoms with E-state index in [0.29, 0.717) is 0 Å². The molecule has 1 N–H and O–H groups in total. The first kappa shape index (κ1) is 13.4. The van der Waals surface area contributed by atoms with Crippen molar-refractivity contribution in [2.24, 2.45) is 0 Å². The Labute approximate surface area is 113 Å². The summed E-state index contributed by atoms with van der Waals surface area (Å²) in [4.78, 5) is 10.8. The standard InChI is InChI=1S/C15H19NOS/c1-12(17)18-9-3-2-4-13-5-6-15-11-16-8-7-14(15)10-13/h2,4-6,10,16H,3,7-9,11H2,1H3. The van der Waals surface area contributed by atoms with Gasteiger partial charge >= 0.3 is 0 Å². The average molecular weight is 261 g/mol. The number of benzene rings is 1. The SMILES string of the molecule is CC(=O)SCCC=Cc1ccc2c(c1)CCNC2. The van der Waals surface area contributed by atoms with Gasteiger partial charge in [-0.2, -0.15) is 0 Å². The first-order valence-electron chi connectivity index (χ1n) is 6.38. The van der Waals surface area contributed by atoms with E-state index >= 15 is 0 Å². The molecule has 0 bridgehead atoms. The van der Waals surface area contributed by atoms with Gasteiger partial charge in [0.2, 0.25) is 0 Å². The quantitative estimate of drug-likeness (QED) is 0.845. The highest BCUT2D eigenvalue weighted by Gasteiger charge is 2.07. The van der Waals surface area contributed by atoms with Crippen LogP contribution in [0.15, 0.2) is 24.3 Å². The van der Waals surface area contributed by atoms with E-state index in [-0.39, 0.29) is 5.12 Å². The number of hydrogen-bond acceptors (Lipinski definition) is 3. The summed E-state index contributed by atoms with van der Waals surface area (Å²) in [5, 5.41) is 3.58. The van der Waals surface area contributed by atoms with Gasteiger partial charge in [0.05, 0.1) is 0 Å². The van der Waals surface area contributed by atoms with Gasteiger partial charge in [0, 0.05) is 19.2 Å². The number of rotatable bonds is 4. The lowest BCUT2D eigenvalue weighted by molar-refractivity contribution is -0.109.